The van der Waals surface area contributed by atoms with Gasteiger partial charge in [-0.25, -0.2) is 0 Å². The van der Waals surface area contributed by atoms with Crippen LogP contribution in [0.25, 0.3) is 6.08 Å². The highest BCUT2D eigenvalue weighted by molar-refractivity contribution is 7.00. The second-order valence-corrected chi connectivity index (χ2v) is 28.0. The summed E-state index contributed by atoms with van der Waals surface area (Å²) >= 11 is 0. The van der Waals surface area contributed by atoms with Crippen molar-refractivity contribution in [3.63, 3.8) is 0 Å². The molecule has 7 nitrogen and oxygen atoms in total. The van der Waals surface area contributed by atoms with E-state index in [-0.39, 0.29) is 15.6 Å². The van der Waals surface area contributed by atoms with Crippen molar-refractivity contribution in [1.29, 1.82) is 15.8 Å². The van der Waals surface area contributed by atoms with E-state index < -0.39 is 50.9 Å². The molecule has 1 heterocycles. The van der Waals surface area contributed by atoms with Gasteiger partial charge in [0.1, 0.15) is 23.8 Å². The van der Waals surface area contributed by atoms with Crippen LogP contribution in [0.4, 0.5) is 18.9 Å². The lowest BCUT2D eigenvalue weighted by Gasteiger charge is -2.44. The summed E-state index contributed by atoms with van der Waals surface area (Å²) in [5, 5.41) is 33.9. The first-order chi connectivity index (χ1) is 34.0. The molecule has 1 atom stereocenters. The first-order valence-corrected chi connectivity index (χ1v) is 27.3. The zero-order valence-electron chi connectivity index (χ0n) is 40.9. The summed E-state index contributed by atoms with van der Waals surface area (Å²) in [6.45, 7) is 15.2. The minimum absolute atomic E-state index is 0.252. The number of ether oxygens (including phenoxy) is 1. The van der Waals surface area contributed by atoms with Gasteiger partial charge < -0.3 is 18.5 Å². The summed E-state index contributed by atoms with van der Waals surface area (Å²) in [6, 6.07) is 61.3. The molecule has 7 rings (SSSR count). The van der Waals surface area contributed by atoms with Crippen LogP contribution in [-0.2, 0) is 19.2 Å². The number of rotatable bonds is 16. The van der Waals surface area contributed by atoms with Crippen LogP contribution in [0.5, 0.6) is 0 Å². The van der Waals surface area contributed by atoms with Gasteiger partial charge in [0, 0.05) is 29.9 Å². The van der Waals surface area contributed by atoms with Crippen LogP contribution in [-0.4, -0.2) is 49.1 Å². The number of hydrogen-bond donors (Lipinski definition) is 0. The van der Waals surface area contributed by atoms with E-state index >= 15 is 13.2 Å². The van der Waals surface area contributed by atoms with Crippen molar-refractivity contribution in [2.24, 2.45) is 0 Å². The van der Waals surface area contributed by atoms with Crippen LogP contribution in [0.15, 0.2) is 204 Å². The predicted molar refractivity (Wildman–Crippen MR) is 281 cm³/mol. The van der Waals surface area contributed by atoms with E-state index in [2.05, 4.69) is 144 Å². The van der Waals surface area contributed by atoms with E-state index in [9.17, 15) is 15.8 Å². The molecule has 0 amide bonds. The number of anilines is 1. The highest BCUT2D eigenvalue weighted by Crippen LogP contribution is 2.56. The largest absolute Gasteiger partial charge is 0.465 e. The smallest absolute Gasteiger partial charge is 0.437 e. The third kappa shape index (κ3) is 10.1. The lowest BCUT2D eigenvalue weighted by atomic mass is 9.83. The summed E-state index contributed by atoms with van der Waals surface area (Å²) in [5.74, 6) is -0.718. The van der Waals surface area contributed by atoms with E-state index in [0.29, 0.717) is 31.9 Å². The van der Waals surface area contributed by atoms with Crippen molar-refractivity contribution < 1.29 is 26.8 Å². The van der Waals surface area contributed by atoms with Gasteiger partial charge >= 0.3 is 6.18 Å². The Morgan fingerprint density at radius 3 is 1.28 bits per heavy atom. The molecule has 0 aromatic heterocycles. The minimum Gasteiger partial charge on any atom is -0.465 e. The van der Waals surface area contributed by atoms with Crippen LogP contribution in [0.3, 0.4) is 0 Å². The van der Waals surface area contributed by atoms with Crippen molar-refractivity contribution in [2.45, 2.75) is 63.4 Å². The van der Waals surface area contributed by atoms with Crippen LogP contribution >= 0.6 is 0 Å². The van der Waals surface area contributed by atoms with Gasteiger partial charge in [0.25, 0.3) is 22.2 Å². The second-order valence-electron chi connectivity index (χ2n) is 19.4. The highest BCUT2D eigenvalue weighted by Gasteiger charge is 2.65. The van der Waals surface area contributed by atoms with Gasteiger partial charge in [-0.1, -0.05) is 217 Å². The Hall–Kier alpha value is -7.25. The molecule has 71 heavy (non-hydrogen) atoms. The number of nitrogens with zero attached hydrogens (tertiary/aromatic N) is 4. The zero-order valence-corrected chi connectivity index (χ0v) is 42.9. The monoisotopic (exact) mass is 982 g/mol. The second kappa shape index (κ2) is 21.4. The van der Waals surface area contributed by atoms with Crippen LogP contribution in [0, 0.1) is 34.0 Å². The molecule has 1 aliphatic heterocycles. The van der Waals surface area contributed by atoms with E-state index in [0.717, 1.165) is 5.69 Å². The summed E-state index contributed by atoms with van der Waals surface area (Å²) in [7, 11) is -5.83. The molecular weight excluding hydrogens is 926 g/mol. The number of allylic oxidation sites excluding steroid dienone is 2. The van der Waals surface area contributed by atoms with Crippen molar-refractivity contribution in [3.8, 4) is 18.2 Å². The SMILES string of the molecule is CC(C)(C)[Si](OCCN(CCO[Si](c1ccccc1)(c1ccccc1)C(C)(C)C)c1ccc(/C=C/C2=C(C#N)C(=C(C#N)C#N)OC2(c2ccccc2)C(F)(F)F)cc1)(c1ccccc1)c1ccccc1. The highest BCUT2D eigenvalue weighted by atomic mass is 28.4. The van der Waals surface area contributed by atoms with Gasteiger partial charge in [-0.3, -0.25) is 0 Å². The Balaban J connectivity index is 1.28. The van der Waals surface area contributed by atoms with E-state index in [1.54, 1.807) is 30.3 Å². The van der Waals surface area contributed by atoms with Crippen LogP contribution < -0.4 is 25.6 Å². The Labute approximate surface area is 418 Å². The summed E-state index contributed by atoms with van der Waals surface area (Å²) < 4.78 is 67.0. The molecule has 0 saturated heterocycles. The zero-order chi connectivity index (χ0) is 50.9. The van der Waals surface area contributed by atoms with Crippen molar-refractivity contribution in [1.82, 2.24) is 0 Å². The Kier molecular flexibility index (Phi) is 15.6. The van der Waals surface area contributed by atoms with E-state index in [4.69, 9.17) is 13.6 Å². The molecule has 6 aromatic carbocycles. The van der Waals surface area contributed by atoms with Gasteiger partial charge in [-0.2, -0.15) is 29.0 Å². The van der Waals surface area contributed by atoms with Gasteiger partial charge in [-0.15, -0.1) is 0 Å². The molecule has 6 aromatic rings. The van der Waals surface area contributed by atoms with E-state index in [1.807, 2.05) is 42.5 Å². The molecule has 0 saturated carbocycles. The summed E-state index contributed by atoms with van der Waals surface area (Å²) in [5.41, 5.74) is -3.93. The first-order valence-electron chi connectivity index (χ1n) is 23.5. The first kappa shape index (κ1) is 51.6. The number of halogens is 3. The van der Waals surface area contributed by atoms with E-state index in [1.165, 1.54) is 57.2 Å². The fraction of sp³-hybridized carbons (Fsp3) is 0.237. The average molecular weight is 983 g/mol. The average Bonchev–Trinajstić information content (AvgIpc) is 3.72. The fourth-order valence-electron chi connectivity index (χ4n) is 9.92. The van der Waals surface area contributed by atoms with Crippen molar-refractivity contribution in [2.75, 3.05) is 31.2 Å². The molecule has 0 N–H and O–H groups in total. The van der Waals surface area contributed by atoms with Crippen LogP contribution in [0.1, 0.15) is 52.7 Å². The molecule has 0 spiro atoms. The minimum atomic E-state index is -5.11. The molecule has 0 aliphatic carbocycles. The maximum absolute atomic E-state index is 15.5. The maximum atomic E-state index is 15.5. The molecule has 1 aliphatic rings. The van der Waals surface area contributed by atoms with Gasteiger partial charge in [0.15, 0.2) is 11.3 Å². The summed E-state index contributed by atoms with van der Waals surface area (Å²) in [6.07, 6.45) is -2.43. The molecule has 0 bridgehead atoms. The Morgan fingerprint density at radius 2 is 0.944 bits per heavy atom. The molecular formula is C59H57F3N4O3Si2. The normalized spacial score (nSPS) is 15.4. The van der Waals surface area contributed by atoms with Gasteiger partial charge in [0.2, 0.25) is 0 Å². The van der Waals surface area contributed by atoms with Crippen molar-refractivity contribution >= 4 is 49.1 Å². The number of hydrogen-bond acceptors (Lipinski definition) is 7. The van der Waals surface area contributed by atoms with Crippen molar-refractivity contribution in [3.05, 3.63) is 216 Å². The Bertz CT molecular complexity index is 2790. The predicted octanol–water partition coefficient (Wildman–Crippen LogP) is 11.3. The maximum Gasteiger partial charge on any atom is 0.437 e. The third-order valence-electron chi connectivity index (χ3n) is 13.2. The molecule has 360 valence electrons. The number of alkyl halides is 3. The lowest BCUT2D eigenvalue weighted by molar-refractivity contribution is -0.249. The standard InChI is InChI=1S/C59H57F3N4O3Si2/c1-56(2,3)70(49-24-14-8-15-25-49,50-26-16-9-17-27-50)67-40-38-66(39-41-68-71(57(4,5)6,51-28-18-10-19-29-51)52-30-20-11-21-31-52)48-35-32-45(33-36-48)34-37-54-53(44-65)55(46(42-63)43-64)69-58(54,59(60,61)62)47-22-12-7-13-23-47/h7-37H,38-41H2,1-6H3/b37-34+. The summed E-state index contributed by atoms with van der Waals surface area (Å²) in [4.78, 5) is 2.23. The fourth-order valence-corrected chi connectivity index (χ4v) is 19.0. The molecule has 1 unspecified atom stereocenters. The third-order valence-corrected chi connectivity index (χ3v) is 23.3. The van der Waals surface area contributed by atoms with Gasteiger partial charge in [0.05, 0.1) is 13.2 Å². The quantitative estimate of drug-likeness (QED) is 0.0703. The topological polar surface area (TPSA) is 102 Å². The molecule has 0 fully saturated rings. The van der Waals surface area contributed by atoms with Gasteiger partial charge in [-0.05, 0) is 48.5 Å². The van der Waals surface area contributed by atoms with Crippen LogP contribution in [0.2, 0.25) is 10.1 Å². The molecule has 12 heteroatoms. The molecule has 0 radical (unpaired) electrons. The Morgan fingerprint density at radius 1 is 0.563 bits per heavy atom. The number of nitriles is 3. The number of benzene rings is 6. The lowest BCUT2D eigenvalue weighted by Crippen LogP contribution is -2.67.